The number of ether oxygens (including phenoxy) is 2. The first-order valence-electron chi connectivity index (χ1n) is 9.29. The molecule has 0 aromatic heterocycles. The lowest BCUT2D eigenvalue weighted by Crippen LogP contribution is -2.47. The molecule has 1 aliphatic rings. The number of likely N-dealkylation sites (tertiary alicyclic amines) is 1. The summed E-state index contributed by atoms with van der Waals surface area (Å²) >= 11 is 0. The maximum atomic E-state index is 12.2. The van der Waals surface area contributed by atoms with Crippen LogP contribution in [0.3, 0.4) is 0 Å². The molecule has 0 amide bonds. The fraction of sp³-hybridized carbons (Fsp3) is 0.579. The summed E-state index contributed by atoms with van der Waals surface area (Å²) in [7, 11) is 1.70. The highest BCUT2D eigenvalue weighted by atomic mass is 19.4. The quantitative estimate of drug-likeness (QED) is 0.451. The summed E-state index contributed by atoms with van der Waals surface area (Å²) in [6.07, 6.45) is -2.61. The van der Waals surface area contributed by atoms with Gasteiger partial charge in [0.25, 0.3) is 0 Å². The minimum Gasteiger partial charge on any atom is -0.466 e. The Hall–Kier alpha value is -2.45. The Balaban J connectivity index is 1.76. The Morgan fingerprint density at radius 1 is 1.25 bits per heavy atom. The number of benzene rings is 1. The highest BCUT2D eigenvalue weighted by molar-refractivity contribution is 5.80. The van der Waals surface area contributed by atoms with Crippen molar-refractivity contribution in [2.75, 3.05) is 33.3 Å². The second kappa shape index (κ2) is 10.2. The van der Waals surface area contributed by atoms with Crippen LogP contribution in [0, 0.1) is 5.92 Å². The number of carbonyl (C=O) groups is 1. The third kappa shape index (κ3) is 6.94. The molecule has 1 aromatic rings. The molecule has 2 rings (SSSR count). The topological polar surface area (TPSA) is 63.2 Å². The molecule has 6 nitrogen and oxygen atoms in total. The van der Waals surface area contributed by atoms with Gasteiger partial charge >= 0.3 is 12.3 Å². The molecule has 28 heavy (non-hydrogen) atoms. The average molecular weight is 401 g/mol. The molecule has 1 heterocycles. The molecule has 0 spiro atoms. The number of aliphatic imine (C=N–C) groups is 1. The third-order valence-electron chi connectivity index (χ3n) is 4.48. The number of nitrogens with one attached hydrogen (secondary N) is 1. The molecule has 0 aliphatic carbocycles. The van der Waals surface area contributed by atoms with E-state index in [9.17, 15) is 18.0 Å². The second-order valence-corrected chi connectivity index (χ2v) is 6.43. The van der Waals surface area contributed by atoms with Crippen molar-refractivity contribution in [1.29, 1.82) is 0 Å². The van der Waals surface area contributed by atoms with Gasteiger partial charge in [-0.1, -0.05) is 12.1 Å². The van der Waals surface area contributed by atoms with Gasteiger partial charge in [-0.25, -0.2) is 0 Å². The van der Waals surface area contributed by atoms with Gasteiger partial charge in [0.15, 0.2) is 5.96 Å². The van der Waals surface area contributed by atoms with Gasteiger partial charge in [-0.3, -0.25) is 9.79 Å². The number of nitrogens with zero attached hydrogens (tertiary/aromatic N) is 2. The lowest BCUT2D eigenvalue weighted by molar-refractivity contribution is -0.274. The Bertz CT molecular complexity index is 655. The molecule has 1 fully saturated rings. The molecule has 1 saturated heterocycles. The van der Waals surface area contributed by atoms with Crippen LogP contribution >= 0.6 is 0 Å². The Kier molecular flexibility index (Phi) is 7.95. The van der Waals surface area contributed by atoms with Crippen LogP contribution in [0.4, 0.5) is 13.2 Å². The number of piperidine rings is 1. The molecule has 1 aromatic carbocycles. The van der Waals surface area contributed by atoms with E-state index in [2.05, 4.69) is 19.9 Å². The van der Waals surface area contributed by atoms with Crippen molar-refractivity contribution in [3.8, 4) is 5.75 Å². The van der Waals surface area contributed by atoms with Crippen LogP contribution in [-0.2, 0) is 16.0 Å². The minimum atomic E-state index is -4.68. The Labute approximate surface area is 162 Å². The number of carbonyl (C=O) groups excluding carboxylic acids is 1. The summed E-state index contributed by atoms with van der Waals surface area (Å²) in [5.41, 5.74) is 0.887. The number of hydrogen-bond donors (Lipinski definition) is 1. The summed E-state index contributed by atoms with van der Waals surface area (Å²) in [6.45, 7) is 4.21. The molecule has 0 unspecified atom stereocenters. The first-order valence-corrected chi connectivity index (χ1v) is 9.29. The van der Waals surface area contributed by atoms with Gasteiger partial charge in [0.05, 0.1) is 12.5 Å². The fourth-order valence-corrected chi connectivity index (χ4v) is 3.10. The molecule has 0 atom stereocenters. The zero-order valence-electron chi connectivity index (χ0n) is 16.1. The number of rotatable bonds is 6. The van der Waals surface area contributed by atoms with E-state index in [1.807, 2.05) is 0 Å². The summed E-state index contributed by atoms with van der Waals surface area (Å²) < 4.78 is 45.5. The number of halogens is 3. The molecule has 0 radical (unpaired) electrons. The van der Waals surface area contributed by atoms with Crippen molar-refractivity contribution in [3.05, 3.63) is 29.8 Å². The number of esters is 1. The van der Waals surface area contributed by atoms with Gasteiger partial charge in [0.2, 0.25) is 0 Å². The summed E-state index contributed by atoms with van der Waals surface area (Å²) in [6, 6.07) is 5.82. The van der Waals surface area contributed by atoms with E-state index in [1.54, 1.807) is 26.1 Å². The van der Waals surface area contributed by atoms with Crippen molar-refractivity contribution < 1.29 is 27.4 Å². The molecular formula is C19H26F3N3O3. The van der Waals surface area contributed by atoms with Crippen LogP contribution in [0.5, 0.6) is 5.75 Å². The van der Waals surface area contributed by atoms with Crippen LogP contribution in [0.15, 0.2) is 29.3 Å². The van der Waals surface area contributed by atoms with Crippen LogP contribution in [0.1, 0.15) is 25.3 Å². The molecule has 1 aliphatic heterocycles. The van der Waals surface area contributed by atoms with Gasteiger partial charge in [0.1, 0.15) is 5.75 Å². The standard InChI is InChI=1S/C19H26F3N3O3/c1-3-27-17(26)15-9-12-25(13-10-15)18(23-2)24-11-8-14-4-6-16(7-5-14)28-19(20,21)22/h4-7,15H,3,8-13H2,1-2H3,(H,23,24). The molecular weight excluding hydrogens is 375 g/mol. The maximum absolute atomic E-state index is 12.2. The SMILES string of the molecule is CCOC(=O)C1CCN(C(=NC)NCCc2ccc(OC(F)(F)F)cc2)CC1. The molecule has 9 heteroatoms. The van der Waals surface area contributed by atoms with Crippen LogP contribution in [0.25, 0.3) is 0 Å². The molecule has 156 valence electrons. The van der Waals surface area contributed by atoms with Crippen LogP contribution < -0.4 is 10.1 Å². The predicted molar refractivity (Wildman–Crippen MR) is 99.1 cm³/mol. The van der Waals surface area contributed by atoms with Crippen LogP contribution in [0.2, 0.25) is 0 Å². The first-order chi connectivity index (χ1) is 13.3. The van der Waals surface area contributed by atoms with E-state index in [0.29, 0.717) is 32.7 Å². The van der Waals surface area contributed by atoms with Gasteiger partial charge < -0.3 is 19.7 Å². The normalized spacial score (nSPS) is 16.0. The summed E-state index contributed by atoms with van der Waals surface area (Å²) in [5.74, 6) is 0.318. The fourth-order valence-electron chi connectivity index (χ4n) is 3.10. The van der Waals surface area contributed by atoms with Crippen molar-refractivity contribution >= 4 is 11.9 Å². The van der Waals surface area contributed by atoms with Crippen molar-refractivity contribution in [2.45, 2.75) is 32.5 Å². The van der Waals surface area contributed by atoms with E-state index < -0.39 is 6.36 Å². The Morgan fingerprint density at radius 2 is 1.89 bits per heavy atom. The lowest BCUT2D eigenvalue weighted by Gasteiger charge is -2.33. The van der Waals surface area contributed by atoms with Gasteiger partial charge in [-0.15, -0.1) is 13.2 Å². The number of hydrogen-bond acceptors (Lipinski definition) is 4. The third-order valence-corrected chi connectivity index (χ3v) is 4.48. The smallest absolute Gasteiger partial charge is 0.466 e. The van der Waals surface area contributed by atoms with E-state index >= 15 is 0 Å². The zero-order valence-corrected chi connectivity index (χ0v) is 16.1. The lowest BCUT2D eigenvalue weighted by atomic mass is 9.97. The Morgan fingerprint density at radius 3 is 2.43 bits per heavy atom. The van der Waals surface area contributed by atoms with Gasteiger partial charge in [-0.2, -0.15) is 0 Å². The molecule has 0 bridgehead atoms. The monoisotopic (exact) mass is 401 g/mol. The predicted octanol–water partition coefficient (Wildman–Crippen LogP) is 2.98. The zero-order chi connectivity index (χ0) is 20.6. The highest BCUT2D eigenvalue weighted by Crippen LogP contribution is 2.23. The summed E-state index contributed by atoms with van der Waals surface area (Å²) in [4.78, 5) is 18.2. The van der Waals surface area contributed by atoms with E-state index in [0.717, 1.165) is 24.4 Å². The van der Waals surface area contributed by atoms with Crippen LogP contribution in [-0.4, -0.2) is 56.5 Å². The van der Waals surface area contributed by atoms with Gasteiger partial charge in [0, 0.05) is 26.7 Å². The van der Waals surface area contributed by atoms with Crippen molar-refractivity contribution in [1.82, 2.24) is 10.2 Å². The maximum Gasteiger partial charge on any atom is 0.573 e. The number of guanidine groups is 1. The van der Waals surface area contributed by atoms with Gasteiger partial charge in [-0.05, 0) is 43.9 Å². The minimum absolute atomic E-state index is 0.0632. The number of alkyl halides is 3. The van der Waals surface area contributed by atoms with Crippen molar-refractivity contribution in [2.24, 2.45) is 10.9 Å². The average Bonchev–Trinajstić information content (AvgIpc) is 2.66. The second-order valence-electron chi connectivity index (χ2n) is 6.43. The van der Waals surface area contributed by atoms with E-state index in [4.69, 9.17) is 4.74 Å². The largest absolute Gasteiger partial charge is 0.573 e. The molecule has 0 saturated carbocycles. The van der Waals surface area contributed by atoms with E-state index in [-0.39, 0.29) is 17.6 Å². The van der Waals surface area contributed by atoms with Crippen molar-refractivity contribution in [3.63, 3.8) is 0 Å². The highest BCUT2D eigenvalue weighted by Gasteiger charge is 2.31. The first kappa shape index (κ1) is 21.8. The summed E-state index contributed by atoms with van der Waals surface area (Å²) in [5, 5.41) is 3.26. The molecule has 1 N–H and O–H groups in total. The van der Waals surface area contributed by atoms with E-state index in [1.165, 1.54) is 12.1 Å².